The number of nitrogens with one attached hydrogen (secondary N) is 2. The van der Waals surface area contributed by atoms with E-state index in [1.165, 1.54) is 6.07 Å². The van der Waals surface area contributed by atoms with Crippen LogP contribution < -0.4 is 5.32 Å². The molecule has 2 aliphatic rings. The molecule has 0 unspecified atom stereocenters. The molecule has 2 saturated heterocycles. The Hall–Kier alpha value is -2.49. The molecule has 140 valence electrons. The molecule has 4 N–H and O–H groups in total. The van der Waals surface area contributed by atoms with Crippen LogP contribution in [0.3, 0.4) is 0 Å². The number of rotatable bonds is 2. The number of halogens is 1. The summed E-state index contributed by atoms with van der Waals surface area (Å²) >= 11 is 0. The minimum atomic E-state index is -0.661. The van der Waals surface area contributed by atoms with E-state index < -0.39 is 18.0 Å². The molecule has 3 heterocycles. The molecular weight excluding hydrogens is 347 g/mol. The fourth-order valence-corrected chi connectivity index (χ4v) is 3.39. The number of ether oxygens (including phenoxy) is 2. The van der Waals surface area contributed by atoms with Crippen LogP contribution in [0.2, 0.25) is 0 Å². The van der Waals surface area contributed by atoms with Gasteiger partial charge in [-0.05, 0) is 18.6 Å². The summed E-state index contributed by atoms with van der Waals surface area (Å²) in [5, 5.41) is 20.2. The number of amides is 1. The van der Waals surface area contributed by atoms with Crippen molar-refractivity contribution in [2.45, 2.75) is 31.3 Å². The minimum Gasteiger partial charge on any atom is -0.483 e. The van der Waals surface area contributed by atoms with Crippen LogP contribution >= 0.6 is 0 Å². The van der Waals surface area contributed by atoms with E-state index in [9.17, 15) is 14.3 Å². The lowest BCUT2D eigenvalue weighted by Gasteiger charge is -2.17. The second-order valence-electron chi connectivity index (χ2n) is 6.14. The van der Waals surface area contributed by atoms with Gasteiger partial charge in [0.2, 0.25) is 0 Å². The van der Waals surface area contributed by atoms with Crippen LogP contribution in [0, 0.1) is 12.7 Å². The molecule has 0 saturated carbocycles. The summed E-state index contributed by atoms with van der Waals surface area (Å²) in [5.74, 6) is -0.728. The van der Waals surface area contributed by atoms with Crippen LogP contribution in [-0.4, -0.2) is 65.1 Å². The Kier molecular flexibility index (Phi) is 5.21. The van der Waals surface area contributed by atoms with Gasteiger partial charge in [0.15, 0.2) is 0 Å². The summed E-state index contributed by atoms with van der Waals surface area (Å²) in [6, 6.07) is 4.40. The summed E-state index contributed by atoms with van der Waals surface area (Å²) in [6.45, 7) is 2.01. The van der Waals surface area contributed by atoms with Crippen molar-refractivity contribution in [3.63, 3.8) is 0 Å². The van der Waals surface area contributed by atoms with Crippen LogP contribution in [0.4, 0.5) is 4.39 Å². The van der Waals surface area contributed by atoms with Crippen molar-refractivity contribution in [3.05, 3.63) is 35.3 Å². The van der Waals surface area contributed by atoms with Gasteiger partial charge in [0, 0.05) is 5.39 Å². The molecule has 2 aromatic rings. The van der Waals surface area contributed by atoms with Gasteiger partial charge < -0.3 is 30.0 Å². The van der Waals surface area contributed by atoms with E-state index in [0.717, 1.165) is 0 Å². The van der Waals surface area contributed by atoms with E-state index >= 15 is 0 Å². The number of aliphatic hydroxyl groups excluding tert-OH is 1. The first-order valence-corrected chi connectivity index (χ1v) is 8.04. The number of aromatic nitrogens is 1. The normalized spacial score (nSPS) is 26.9. The molecule has 0 bridgehead atoms. The molecular formula is C17H19FN2O6. The van der Waals surface area contributed by atoms with Crippen molar-refractivity contribution >= 4 is 23.3 Å². The summed E-state index contributed by atoms with van der Waals surface area (Å²) < 4.78 is 24.8. The first-order valence-electron chi connectivity index (χ1n) is 8.04. The van der Waals surface area contributed by atoms with E-state index in [2.05, 4.69) is 10.3 Å². The average Bonchev–Trinajstić information content (AvgIpc) is 3.27. The van der Waals surface area contributed by atoms with Crippen LogP contribution in [0.25, 0.3) is 10.9 Å². The van der Waals surface area contributed by atoms with Gasteiger partial charge in [-0.2, -0.15) is 0 Å². The third-order valence-electron chi connectivity index (χ3n) is 4.61. The summed E-state index contributed by atoms with van der Waals surface area (Å²) in [7, 11) is 0. The first kappa shape index (κ1) is 18.3. The minimum absolute atomic E-state index is 0.207. The number of aliphatic hydroxyl groups is 1. The quantitative estimate of drug-likeness (QED) is 0.577. The van der Waals surface area contributed by atoms with Gasteiger partial charge in [-0.25, -0.2) is 4.39 Å². The lowest BCUT2D eigenvalue weighted by molar-refractivity contribution is -0.122. The molecule has 4 rings (SSSR count). The maximum absolute atomic E-state index is 13.8. The highest BCUT2D eigenvalue weighted by Gasteiger charge is 2.47. The van der Waals surface area contributed by atoms with Crippen LogP contribution in [0.15, 0.2) is 18.2 Å². The van der Waals surface area contributed by atoms with Gasteiger partial charge in [0.1, 0.15) is 29.8 Å². The van der Waals surface area contributed by atoms with Crippen molar-refractivity contribution in [1.82, 2.24) is 10.3 Å². The zero-order chi connectivity index (χ0) is 18.8. The Balaban J connectivity index is 0.000000613. The molecule has 0 aliphatic carbocycles. The average molecular weight is 366 g/mol. The van der Waals surface area contributed by atoms with Gasteiger partial charge in [0.25, 0.3) is 12.4 Å². The Morgan fingerprint density at radius 2 is 2.04 bits per heavy atom. The second-order valence-corrected chi connectivity index (χ2v) is 6.14. The number of fused-ring (bicyclic) bond motifs is 2. The SMILES string of the molecule is Cc1c(C(=O)N[C@@H]2CO[C@H]3[C@@H]2OC[C@H]3O)[nH]c2c(F)cccc12.O=CO. The standard InChI is InChI=1S/C16H17FN2O4.CH2O2/c1-7-8-3-2-4-9(17)13(8)19-12(7)16(21)18-10-5-22-15-11(20)6-23-14(10)15;2-1-3/h2-4,10-11,14-15,19-20H,5-6H2,1H3,(H,18,21);1H,(H,2,3)/t10-,11-,14-,15-;/m1./s1. The lowest BCUT2D eigenvalue weighted by atomic mass is 10.1. The van der Waals surface area contributed by atoms with Gasteiger partial charge in [-0.3, -0.25) is 9.59 Å². The van der Waals surface area contributed by atoms with Crippen LogP contribution in [0.1, 0.15) is 16.1 Å². The van der Waals surface area contributed by atoms with Crippen molar-refractivity contribution in [2.24, 2.45) is 0 Å². The molecule has 9 heteroatoms. The molecule has 26 heavy (non-hydrogen) atoms. The number of hydrogen-bond donors (Lipinski definition) is 4. The molecule has 2 aliphatic heterocycles. The van der Waals surface area contributed by atoms with E-state index in [1.54, 1.807) is 19.1 Å². The topological polar surface area (TPSA) is 121 Å². The highest BCUT2D eigenvalue weighted by Crippen LogP contribution is 2.28. The van der Waals surface area contributed by atoms with E-state index in [1.807, 2.05) is 0 Å². The predicted octanol–water partition coefficient (Wildman–Crippen LogP) is 0.573. The number of carbonyl (C=O) groups excluding carboxylic acids is 1. The van der Waals surface area contributed by atoms with E-state index in [-0.39, 0.29) is 37.7 Å². The van der Waals surface area contributed by atoms with Crippen molar-refractivity contribution in [3.8, 4) is 0 Å². The molecule has 1 amide bonds. The Bertz CT molecular complexity index is 823. The maximum Gasteiger partial charge on any atom is 0.290 e. The Morgan fingerprint density at radius 1 is 1.35 bits per heavy atom. The van der Waals surface area contributed by atoms with E-state index in [0.29, 0.717) is 22.2 Å². The van der Waals surface area contributed by atoms with E-state index in [4.69, 9.17) is 19.4 Å². The zero-order valence-electron chi connectivity index (χ0n) is 13.9. The molecule has 0 radical (unpaired) electrons. The number of carboxylic acid groups (broad SMARTS) is 1. The monoisotopic (exact) mass is 366 g/mol. The smallest absolute Gasteiger partial charge is 0.290 e. The molecule has 4 atom stereocenters. The number of aryl methyl sites for hydroxylation is 1. The van der Waals surface area contributed by atoms with Crippen LogP contribution in [0.5, 0.6) is 0 Å². The van der Waals surface area contributed by atoms with Crippen molar-refractivity contribution in [1.29, 1.82) is 0 Å². The number of aromatic amines is 1. The Labute approximate surface area is 147 Å². The first-order chi connectivity index (χ1) is 12.5. The number of carbonyl (C=O) groups is 2. The number of benzene rings is 1. The highest BCUT2D eigenvalue weighted by atomic mass is 19.1. The van der Waals surface area contributed by atoms with Crippen molar-refractivity contribution < 1.29 is 33.7 Å². The van der Waals surface area contributed by atoms with Gasteiger partial charge >= 0.3 is 0 Å². The molecule has 1 aromatic carbocycles. The molecule has 1 aromatic heterocycles. The van der Waals surface area contributed by atoms with Gasteiger partial charge in [-0.1, -0.05) is 12.1 Å². The largest absolute Gasteiger partial charge is 0.483 e. The summed E-state index contributed by atoms with van der Waals surface area (Å²) in [4.78, 5) is 23.8. The van der Waals surface area contributed by atoms with Crippen LogP contribution in [-0.2, 0) is 14.3 Å². The third kappa shape index (κ3) is 3.16. The Morgan fingerprint density at radius 3 is 2.73 bits per heavy atom. The molecule has 0 spiro atoms. The third-order valence-corrected chi connectivity index (χ3v) is 4.61. The molecule has 2 fully saturated rings. The summed E-state index contributed by atoms with van der Waals surface area (Å²) in [6.07, 6.45) is -1.41. The van der Waals surface area contributed by atoms with Gasteiger partial charge in [0.05, 0.1) is 24.8 Å². The molecule has 8 nitrogen and oxygen atoms in total. The predicted molar refractivity (Wildman–Crippen MR) is 88.4 cm³/mol. The fraction of sp³-hybridized carbons (Fsp3) is 0.412. The maximum atomic E-state index is 13.8. The highest BCUT2D eigenvalue weighted by molar-refractivity contribution is 6.01. The van der Waals surface area contributed by atoms with Gasteiger partial charge in [-0.15, -0.1) is 0 Å². The second kappa shape index (κ2) is 7.40. The number of hydrogen-bond acceptors (Lipinski definition) is 5. The zero-order valence-corrected chi connectivity index (χ0v) is 13.9. The fourth-order valence-electron chi connectivity index (χ4n) is 3.39. The lowest BCUT2D eigenvalue weighted by Crippen LogP contribution is -2.44. The van der Waals surface area contributed by atoms with Crippen molar-refractivity contribution in [2.75, 3.05) is 13.2 Å². The number of H-pyrrole nitrogens is 1. The summed E-state index contributed by atoms with van der Waals surface area (Å²) in [5.41, 5.74) is 1.34. The number of para-hydroxylation sites is 1.